The lowest BCUT2D eigenvalue weighted by molar-refractivity contribution is 0.102. The Balaban J connectivity index is 2.05. The molecule has 2 rings (SSSR count). The first-order valence-corrected chi connectivity index (χ1v) is 7.13. The van der Waals surface area contributed by atoms with Crippen LogP contribution in [0.1, 0.15) is 15.9 Å². The van der Waals surface area contributed by atoms with Gasteiger partial charge in [-0.15, -0.1) is 0 Å². The molecule has 0 aliphatic heterocycles. The van der Waals surface area contributed by atoms with Crippen molar-refractivity contribution in [1.82, 2.24) is 0 Å². The summed E-state index contributed by atoms with van der Waals surface area (Å²) in [6.07, 6.45) is 0.832. The molecule has 0 radical (unpaired) electrons. The maximum absolute atomic E-state index is 12.0. The number of benzene rings is 2. The average molecular weight is 366 g/mol. The minimum Gasteiger partial charge on any atom is -0.330 e. The van der Waals surface area contributed by atoms with Crippen molar-refractivity contribution in [3.8, 4) is 0 Å². The van der Waals surface area contributed by atoms with Crippen molar-refractivity contribution in [3.63, 3.8) is 0 Å². The van der Waals surface area contributed by atoms with Crippen molar-refractivity contribution in [2.24, 2.45) is 5.73 Å². The van der Waals surface area contributed by atoms with Crippen LogP contribution in [0.15, 0.2) is 48.5 Å². The van der Waals surface area contributed by atoms with E-state index in [-0.39, 0.29) is 5.91 Å². The summed E-state index contributed by atoms with van der Waals surface area (Å²) >= 11 is 2.23. The number of nitrogens with two attached hydrogens (primary N) is 1. The molecule has 0 bridgehead atoms. The molecule has 0 saturated carbocycles. The van der Waals surface area contributed by atoms with Gasteiger partial charge in [-0.05, 0) is 77.5 Å². The number of hydrogen-bond donors (Lipinski definition) is 2. The van der Waals surface area contributed by atoms with Crippen molar-refractivity contribution in [3.05, 3.63) is 63.2 Å². The zero-order chi connectivity index (χ0) is 13.7. The zero-order valence-electron chi connectivity index (χ0n) is 10.4. The van der Waals surface area contributed by atoms with Crippen LogP contribution in [0.4, 0.5) is 5.69 Å². The van der Waals surface area contributed by atoms with E-state index < -0.39 is 0 Å². The van der Waals surface area contributed by atoms with Crippen molar-refractivity contribution in [2.75, 3.05) is 11.9 Å². The van der Waals surface area contributed by atoms with E-state index in [4.69, 9.17) is 5.73 Å². The van der Waals surface area contributed by atoms with Gasteiger partial charge in [-0.1, -0.05) is 12.1 Å². The monoisotopic (exact) mass is 366 g/mol. The van der Waals surface area contributed by atoms with Gasteiger partial charge >= 0.3 is 0 Å². The van der Waals surface area contributed by atoms with E-state index in [0.29, 0.717) is 12.1 Å². The largest absolute Gasteiger partial charge is 0.330 e. The van der Waals surface area contributed by atoms with Gasteiger partial charge in [0.1, 0.15) is 0 Å². The predicted octanol–water partition coefficient (Wildman–Crippen LogP) is 3.04. The number of halogens is 1. The summed E-state index contributed by atoms with van der Waals surface area (Å²) in [6.45, 7) is 0.619. The summed E-state index contributed by atoms with van der Waals surface area (Å²) in [5, 5.41) is 2.87. The fourth-order valence-corrected chi connectivity index (χ4v) is 2.09. The Morgan fingerprint density at radius 2 is 1.68 bits per heavy atom. The van der Waals surface area contributed by atoms with Gasteiger partial charge < -0.3 is 11.1 Å². The Morgan fingerprint density at radius 1 is 1.05 bits per heavy atom. The van der Waals surface area contributed by atoms with Crippen molar-refractivity contribution < 1.29 is 4.79 Å². The summed E-state index contributed by atoms with van der Waals surface area (Å²) in [6, 6.07) is 15.2. The van der Waals surface area contributed by atoms with E-state index in [1.807, 2.05) is 48.5 Å². The van der Waals surface area contributed by atoms with Gasteiger partial charge in [0, 0.05) is 14.8 Å². The highest BCUT2D eigenvalue weighted by molar-refractivity contribution is 14.1. The van der Waals surface area contributed by atoms with Crippen molar-refractivity contribution in [2.45, 2.75) is 6.42 Å². The molecule has 2 aromatic rings. The molecule has 0 aliphatic carbocycles. The Kier molecular flexibility index (Phi) is 4.93. The van der Waals surface area contributed by atoms with Gasteiger partial charge in [0.2, 0.25) is 0 Å². The van der Waals surface area contributed by atoms with Crippen LogP contribution in [0.2, 0.25) is 0 Å². The lowest BCUT2D eigenvalue weighted by Gasteiger charge is -2.06. The molecule has 0 spiro atoms. The second-order valence-corrected chi connectivity index (χ2v) is 5.44. The number of anilines is 1. The molecule has 0 aromatic heterocycles. The summed E-state index contributed by atoms with van der Waals surface area (Å²) in [5.41, 5.74) is 8.09. The van der Waals surface area contributed by atoms with Gasteiger partial charge in [0.25, 0.3) is 5.91 Å². The number of carbonyl (C=O) groups excluding carboxylic acids is 1. The zero-order valence-corrected chi connectivity index (χ0v) is 12.6. The van der Waals surface area contributed by atoms with E-state index in [0.717, 1.165) is 21.2 Å². The second-order valence-electron chi connectivity index (χ2n) is 4.20. The fraction of sp³-hybridized carbons (Fsp3) is 0.133. The highest BCUT2D eigenvalue weighted by Gasteiger charge is 2.05. The molecule has 1 amide bonds. The SMILES string of the molecule is NCCc1ccc(C(=O)Nc2ccc(I)cc2)cc1. The van der Waals surface area contributed by atoms with Crippen LogP contribution in [0.3, 0.4) is 0 Å². The minimum absolute atomic E-state index is 0.0968. The molecule has 3 nitrogen and oxygen atoms in total. The molecule has 0 fully saturated rings. The Morgan fingerprint density at radius 3 is 2.26 bits per heavy atom. The van der Waals surface area contributed by atoms with Crippen LogP contribution in [-0.4, -0.2) is 12.5 Å². The second kappa shape index (κ2) is 6.68. The molecule has 0 saturated heterocycles. The topological polar surface area (TPSA) is 55.1 Å². The molecule has 0 unspecified atom stereocenters. The van der Waals surface area contributed by atoms with Crippen LogP contribution in [0.25, 0.3) is 0 Å². The van der Waals surface area contributed by atoms with E-state index in [1.165, 1.54) is 0 Å². The van der Waals surface area contributed by atoms with Gasteiger partial charge in [0.15, 0.2) is 0 Å². The van der Waals surface area contributed by atoms with Crippen LogP contribution in [-0.2, 0) is 6.42 Å². The number of hydrogen-bond acceptors (Lipinski definition) is 2. The molecule has 4 heteroatoms. The third-order valence-electron chi connectivity index (χ3n) is 2.75. The van der Waals surface area contributed by atoms with E-state index in [9.17, 15) is 4.79 Å². The molecule has 0 heterocycles. The number of nitrogens with one attached hydrogen (secondary N) is 1. The van der Waals surface area contributed by atoms with Gasteiger partial charge in [-0.3, -0.25) is 4.79 Å². The number of carbonyl (C=O) groups is 1. The van der Waals surface area contributed by atoms with Gasteiger partial charge in [-0.25, -0.2) is 0 Å². The maximum atomic E-state index is 12.0. The van der Waals surface area contributed by atoms with E-state index in [1.54, 1.807) is 0 Å². The highest BCUT2D eigenvalue weighted by atomic mass is 127. The highest BCUT2D eigenvalue weighted by Crippen LogP contribution is 2.13. The lowest BCUT2D eigenvalue weighted by Crippen LogP contribution is -2.12. The molecule has 2 aromatic carbocycles. The first-order chi connectivity index (χ1) is 9.19. The Labute approximate surface area is 126 Å². The fourth-order valence-electron chi connectivity index (χ4n) is 1.73. The first-order valence-electron chi connectivity index (χ1n) is 6.05. The molecule has 19 heavy (non-hydrogen) atoms. The first kappa shape index (κ1) is 14.0. The van der Waals surface area contributed by atoms with Gasteiger partial charge in [0.05, 0.1) is 0 Å². The summed E-state index contributed by atoms with van der Waals surface area (Å²) in [5.74, 6) is -0.0968. The van der Waals surface area contributed by atoms with Crippen LogP contribution < -0.4 is 11.1 Å². The Bertz CT molecular complexity index is 549. The summed E-state index contributed by atoms with van der Waals surface area (Å²) < 4.78 is 1.14. The molecule has 0 atom stereocenters. The standard InChI is InChI=1S/C15H15IN2O/c16-13-5-7-14(8-6-13)18-15(19)12-3-1-11(2-4-12)9-10-17/h1-8H,9-10,17H2,(H,18,19). The quantitative estimate of drug-likeness (QED) is 0.818. The van der Waals surface area contributed by atoms with E-state index >= 15 is 0 Å². The minimum atomic E-state index is -0.0968. The van der Waals surface area contributed by atoms with Crippen LogP contribution >= 0.6 is 22.6 Å². The Hall–Kier alpha value is -1.40. The normalized spacial score (nSPS) is 10.2. The third kappa shape index (κ3) is 4.04. The molecule has 98 valence electrons. The molecular formula is C15H15IN2O. The van der Waals surface area contributed by atoms with Crippen molar-refractivity contribution >= 4 is 34.2 Å². The average Bonchev–Trinajstić information content (AvgIpc) is 2.42. The predicted molar refractivity (Wildman–Crippen MR) is 86.3 cm³/mol. The van der Waals surface area contributed by atoms with Crippen LogP contribution in [0.5, 0.6) is 0 Å². The third-order valence-corrected chi connectivity index (χ3v) is 3.47. The van der Waals surface area contributed by atoms with Gasteiger partial charge in [-0.2, -0.15) is 0 Å². The molecule has 3 N–H and O–H groups in total. The summed E-state index contributed by atoms with van der Waals surface area (Å²) in [7, 11) is 0. The van der Waals surface area contributed by atoms with Crippen molar-refractivity contribution in [1.29, 1.82) is 0 Å². The lowest BCUT2D eigenvalue weighted by atomic mass is 10.1. The number of rotatable bonds is 4. The number of amides is 1. The molecular weight excluding hydrogens is 351 g/mol. The molecule has 0 aliphatic rings. The van der Waals surface area contributed by atoms with Crippen LogP contribution in [0, 0.1) is 3.57 Å². The summed E-state index contributed by atoms with van der Waals surface area (Å²) in [4.78, 5) is 12.0. The van der Waals surface area contributed by atoms with E-state index in [2.05, 4.69) is 27.9 Å². The smallest absolute Gasteiger partial charge is 0.255 e. The maximum Gasteiger partial charge on any atom is 0.255 e.